The number of carbonyl (C=O) groups is 3. The number of aliphatic hydroxyl groups is 1. The second kappa shape index (κ2) is 20.4. The molecule has 0 unspecified atom stereocenters. The predicted octanol–water partition coefficient (Wildman–Crippen LogP) is 3.00. The molecule has 3 heterocycles. The van der Waals surface area contributed by atoms with Gasteiger partial charge in [-0.3, -0.25) is 0 Å². The third-order valence-electron chi connectivity index (χ3n) is 7.02. The quantitative estimate of drug-likeness (QED) is 0.258. The summed E-state index contributed by atoms with van der Waals surface area (Å²) in [5, 5.41) is 26.4. The molecule has 3 aliphatic heterocycles. The number of methoxy groups -OCH3 is 5. The summed E-state index contributed by atoms with van der Waals surface area (Å²) in [6.45, 7) is 3.37. The molecular weight excluding hydrogens is 676 g/mol. The van der Waals surface area contributed by atoms with Crippen LogP contribution in [0.15, 0.2) is 54.6 Å². The fraction of sp³-hybridized carbons (Fsp3) is 0.400. The van der Waals surface area contributed by atoms with E-state index in [9.17, 15) is 19.5 Å². The summed E-state index contributed by atoms with van der Waals surface area (Å²) in [6.07, 6.45) is -0.0625. The SMILES string of the molecule is COC(=O)c1ccc(O)c(OC)c1.COC(=O)c1ccc(OC2COC2)c(OC)c1.COc1cc(C(=O)O)ccc1OC1COC1.OC1COC1. The van der Waals surface area contributed by atoms with E-state index in [1.165, 1.54) is 65.9 Å². The molecule has 16 heteroatoms. The van der Waals surface area contributed by atoms with Gasteiger partial charge in [0.25, 0.3) is 0 Å². The van der Waals surface area contributed by atoms with Gasteiger partial charge >= 0.3 is 17.9 Å². The van der Waals surface area contributed by atoms with Crippen molar-refractivity contribution >= 4 is 17.9 Å². The zero-order valence-electron chi connectivity index (χ0n) is 28.8. The van der Waals surface area contributed by atoms with Crippen LogP contribution in [0.2, 0.25) is 0 Å². The van der Waals surface area contributed by atoms with E-state index in [2.05, 4.69) is 14.2 Å². The van der Waals surface area contributed by atoms with Crippen LogP contribution in [-0.4, -0.2) is 127 Å². The zero-order valence-corrected chi connectivity index (χ0v) is 28.8. The summed E-state index contributed by atoms with van der Waals surface area (Å²) < 4.78 is 50.0. The van der Waals surface area contributed by atoms with Crippen LogP contribution in [0, 0.1) is 0 Å². The molecule has 3 fully saturated rings. The van der Waals surface area contributed by atoms with Crippen LogP contribution in [0.25, 0.3) is 0 Å². The average molecular weight is 719 g/mol. The van der Waals surface area contributed by atoms with Crippen molar-refractivity contribution in [2.75, 3.05) is 75.2 Å². The summed E-state index contributed by atoms with van der Waals surface area (Å²) >= 11 is 0. The molecule has 0 aliphatic carbocycles. The molecule has 51 heavy (non-hydrogen) atoms. The van der Waals surface area contributed by atoms with E-state index in [1.807, 2.05) is 0 Å². The molecule has 3 aromatic rings. The second-order valence-corrected chi connectivity index (χ2v) is 10.7. The minimum Gasteiger partial charge on any atom is -0.504 e. The Kier molecular flexibility index (Phi) is 16.1. The summed E-state index contributed by atoms with van der Waals surface area (Å²) in [7, 11) is 7.05. The number of phenolic OH excluding ortho intramolecular Hbond substituents is 1. The lowest BCUT2D eigenvalue weighted by Crippen LogP contribution is -2.38. The lowest BCUT2D eigenvalue weighted by Gasteiger charge is -2.27. The smallest absolute Gasteiger partial charge is 0.337 e. The van der Waals surface area contributed by atoms with Crippen LogP contribution in [0.4, 0.5) is 0 Å². The van der Waals surface area contributed by atoms with Crippen molar-refractivity contribution in [2.24, 2.45) is 0 Å². The monoisotopic (exact) mass is 718 g/mol. The number of rotatable bonds is 10. The van der Waals surface area contributed by atoms with E-state index in [1.54, 1.807) is 24.3 Å². The van der Waals surface area contributed by atoms with Gasteiger partial charge in [-0.1, -0.05) is 0 Å². The Labute approximate surface area is 294 Å². The molecular formula is C35H42O16. The number of ether oxygens (including phenoxy) is 10. The highest BCUT2D eigenvalue weighted by molar-refractivity contribution is 5.90. The van der Waals surface area contributed by atoms with Crippen molar-refractivity contribution < 1.29 is 77.1 Å². The Morgan fingerprint density at radius 1 is 0.569 bits per heavy atom. The standard InChI is InChI=1S/C12H14O5.C11H12O5.C9H10O4.C3H6O2/c1-14-11-5-8(12(13)15-2)3-4-10(11)17-9-6-16-7-9;1-14-10-4-7(11(12)13)2-3-9(10)16-8-5-15-6-8;1-12-8-5-6(9(11)13-2)3-4-7(8)10;4-3-1-5-2-3/h3-5,9H,6-7H2,1-2H3;2-4,8H,5-6H2,1H3,(H,12,13);3-5,10H,1-2H3;3-4H,1-2H2. The molecule has 0 spiro atoms. The van der Waals surface area contributed by atoms with E-state index < -0.39 is 17.9 Å². The summed E-state index contributed by atoms with van der Waals surface area (Å²) in [5.41, 5.74) is 0.952. The maximum absolute atomic E-state index is 11.3. The second-order valence-electron chi connectivity index (χ2n) is 10.7. The molecule has 3 saturated heterocycles. The number of aromatic carboxylic acids is 1. The molecule has 0 amide bonds. The zero-order chi connectivity index (χ0) is 37.3. The van der Waals surface area contributed by atoms with Gasteiger partial charge in [0.05, 0.1) is 91.9 Å². The molecule has 0 bridgehead atoms. The maximum Gasteiger partial charge on any atom is 0.337 e. The van der Waals surface area contributed by atoms with Crippen molar-refractivity contribution in [2.45, 2.75) is 18.3 Å². The average Bonchev–Trinajstić information content (AvgIpc) is 3.10. The van der Waals surface area contributed by atoms with E-state index >= 15 is 0 Å². The molecule has 0 atom stereocenters. The number of hydrogen-bond donors (Lipinski definition) is 3. The third kappa shape index (κ3) is 12.2. The van der Waals surface area contributed by atoms with Crippen molar-refractivity contribution in [3.05, 3.63) is 71.3 Å². The highest BCUT2D eigenvalue weighted by atomic mass is 16.6. The first-order valence-corrected chi connectivity index (χ1v) is 15.4. The Morgan fingerprint density at radius 3 is 1.27 bits per heavy atom. The molecule has 3 aliphatic rings. The van der Waals surface area contributed by atoms with Gasteiger partial charge in [0.2, 0.25) is 0 Å². The first kappa shape index (κ1) is 40.1. The van der Waals surface area contributed by atoms with Gasteiger partial charge in [0.1, 0.15) is 18.3 Å². The molecule has 16 nitrogen and oxygen atoms in total. The van der Waals surface area contributed by atoms with Crippen molar-refractivity contribution in [3.8, 4) is 34.5 Å². The normalized spacial score (nSPS) is 14.7. The number of aromatic hydroxyl groups is 1. The number of carbonyl (C=O) groups excluding carboxylic acids is 2. The third-order valence-corrected chi connectivity index (χ3v) is 7.02. The summed E-state index contributed by atoms with van der Waals surface area (Å²) in [4.78, 5) is 33.1. The highest BCUT2D eigenvalue weighted by Crippen LogP contribution is 2.31. The molecule has 6 rings (SSSR count). The summed E-state index contributed by atoms with van der Waals surface area (Å²) in [5.74, 6) is 0.482. The number of benzene rings is 3. The van der Waals surface area contributed by atoms with Gasteiger partial charge < -0.3 is 62.7 Å². The number of carboxylic acids is 1. The Morgan fingerprint density at radius 2 is 0.941 bits per heavy atom. The van der Waals surface area contributed by atoms with Crippen molar-refractivity contribution in [1.82, 2.24) is 0 Å². The lowest BCUT2D eigenvalue weighted by atomic mass is 10.2. The lowest BCUT2D eigenvalue weighted by molar-refractivity contribution is -0.0936. The van der Waals surface area contributed by atoms with Crippen LogP contribution < -0.4 is 23.7 Å². The Hall–Kier alpha value is -5.29. The van der Waals surface area contributed by atoms with Crippen LogP contribution >= 0.6 is 0 Å². The molecule has 3 aromatic carbocycles. The van der Waals surface area contributed by atoms with Gasteiger partial charge in [0.15, 0.2) is 34.5 Å². The van der Waals surface area contributed by atoms with Crippen LogP contribution in [0.1, 0.15) is 31.1 Å². The van der Waals surface area contributed by atoms with Crippen LogP contribution in [-0.2, 0) is 23.7 Å². The number of hydrogen-bond acceptors (Lipinski definition) is 15. The predicted molar refractivity (Wildman–Crippen MR) is 178 cm³/mol. The fourth-order valence-electron chi connectivity index (χ4n) is 3.98. The first-order valence-electron chi connectivity index (χ1n) is 15.4. The number of esters is 2. The summed E-state index contributed by atoms with van der Waals surface area (Å²) in [6, 6.07) is 13.7. The van der Waals surface area contributed by atoms with Crippen LogP contribution in [0.3, 0.4) is 0 Å². The molecule has 0 aromatic heterocycles. The van der Waals surface area contributed by atoms with Gasteiger partial charge in [-0.05, 0) is 54.6 Å². The Bertz CT molecular complexity index is 1580. The minimum absolute atomic E-state index is 0.00449. The van der Waals surface area contributed by atoms with Crippen molar-refractivity contribution in [1.29, 1.82) is 0 Å². The first-order chi connectivity index (χ1) is 24.5. The number of carboxylic acid groups (broad SMARTS) is 1. The number of aliphatic hydroxyl groups excluding tert-OH is 1. The largest absolute Gasteiger partial charge is 0.504 e. The van der Waals surface area contributed by atoms with Gasteiger partial charge in [-0.2, -0.15) is 0 Å². The van der Waals surface area contributed by atoms with E-state index in [4.69, 9.17) is 43.4 Å². The highest BCUT2D eigenvalue weighted by Gasteiger charge is 2.23. The number of phenols is 1. The van der Waals surface area contributed by atoms with E-state index in [-0.39, 0.29) is 35.4 Å². The van der Waals surface area contributed by atoms with Crippen molar-refractivity contribution in [3.63, 3.8) is 0 Å². The molecule has 0 saturated carbocycles. The molecule has 0 radical (unpaired) electrons. The topological polar surface area (TPSA) is 204 Å². The minimum atomic E-state index is -0.989. The van der Waals surface area contributed by atoms with Gasteiger partial charge in [-0.15, -0.1) is 0 Å². The van der Waals surface area contributed by atoms with E-state index in [0.717, 1.165) is 0 Å². The fourth-order valence-corrected chi connectivity index (χ4v) is 3.98. The van der Waals surface area contributed by atoms with Gasteiger partial charge in [-0.25, -0.2) is 14.4 Å². The Balaban J connectivity index is 0.000000194. The van der Waals surface area contributed by atoms with Gasteiger partial charge in [0, 0.05) is 0 Å². The maximum atomic E-state index is 11.3. The van der Waals surface area contributed by atoms with E-state index in [0.29, 0.717) is 73.8 Å². The molecule has 3 N–H and O–H groups in total. The molecule has 278 valence electrons. The van der Waals surface area contributed by atoms with Crippen LogP contribution in [0.5, 0.6) is 34.5 Å².